The summed E-state index contributed by atoms with van der Waals surface area (Å²) in [5, 5.41) is 16.5. The third kappa shape index (κ3) is 5.09. The SMILES string of the molecule is N#Cc1ccc(N(c2ccc(-c3ccc(-c4ccccc4)cc3)cc2F)c2ccc3ccc4c(N5CCc6ccccc65)ccc5ccc2c3c54)cc1. The van der Waals surface area contributed by atoms with Gasteiger partial charge in [-0.1, -0.05) is 115 Å². The molecule has 1 aliphatic rings. The highest BCUT2D eigenvalue weighted by atomic mass is 19.1. The number of anilines is 5. The summed E-state index contributed by atoms with van der Waals surface area (Å²) in [6.07, 6.45) is 1.02. The first kappa shape index (κ1) is 30.8. The van der Waals surface area contributed by atoms with Crippen molar-refractivity contribution in [1.29, 1.82) is 5.26 Å². The van der Waals surface area contributed by atoms with E-state index in [9.17, 15) is 5.26 Å². The number of nitrogens with zero attached hydrogens (tertiary/aromatic N) is 3. The van der Waals surface area contributed by atoms with Gasteiger partial charge in [-0.2, -0.15) is 5.26 Å². The van der Waals surface area contributed by atoms with Crippen LogP contribution >= 0.6 is 0 Å². The molecule has 0 aromatic heterocycles. The molecular formula is C49H32FN3. The van der Waals surface area contributed by atoms with E-state index < -0.39 is 0 Å². The van der Waals surface area contributed by atoms with Crippen molar-refractivity contribution in [2.45, 2.75) is 6.42 Å². The summed E-state index contributed by atoms with van der Waals surface area (Å²) in [6, 6.07) is 59.8. The van der Waals surface area contributed by atoms with Crippen LogP contribution in [0.1, 0.15) is 11.1 Å². The van der Waals surface area contributed by atoms with Crippen molar-refractivity contribution in [2.75, 3.05) is 16.3 Å². The largest absolute Gasteiger partial charge is 0.340 e. The van der Waals surface area contributed by atoms with Gasteiger partial charge in [-0.15, -0.1) is 0 Å². The second-order valence-electron chi connectivity index (χ2n) is 13.7. The van der Waals surface area contributed by atoms with E-state index in [2.05, 4.69) is 108 Å². The topological polar surface area (TPSA) is 30.3 Å². The number of hydrogen-bond donors (Lipinski definition) is 0. The normalized spacial score (nSPS) is 12.4. The molecule has 1 heterocycles. The van der Waals surface area contributed by atoms with Crippen LogP contribution in [0.3, 0.4) is 0 Å². The van der Waals surface area contributed by atoms with Crippen LogP contribution in [0.15, 0.2) is 170 Å². The molecule has 0 amide bonds. The van der Waals surface area contributed by atoms with Crippen LogP contribution in [0.25, 0.3) is 54.6 Å². The molecule has 0 aliphatic carbocycles. The molecule has 0 spiro atoms. The molecule has 0 N–H and O–H groups in total. The standard InChI is InChI=1S/C49H32FN3/c50-43-30-39(35-14-12-34(13-15-35)33-6-2-1-3-7-33)20-27-47(43)53(40-21-10-32(31-51)11-22-40)46-26-19-38-16-23-41-45(52-29-28-36-8-4-5-9-44(36)52)25-18-37-17-24-42(46)49(38)48(37)41/h1-27,30H,28-29H2. The quantitative estimate of drug-likeness (QED) is 0.164. The van der Waals surface area contributed by atoms with Crippen molar-refractivity contribution in [1.82, 2.24) is 0 Å². The minimum atomic E-state index is -0.334. The van der Waals surface area contributed by atoms with Crippen molar-refractivity contribution in [3.05, 3.63) is 187 Å². The molecule has 0 saturated carbocycles. The van der Waals surface area contributed by atoms with E-state index in [1.807, 2.05) is 59.5 Å². The Hall–Kier alpha value is -6.96. The lowest BCUT2D eigenvalue weighted by molar-refractivity contribution is 0.629. The second kappa shape index (κ2) is 12.4. The average Bonchev–Trinajstić information content (AvgIpc) is 3.65. The minimum absolute atomic E-state index is 0.334. The van der Waals surface area contributed by atoms with E-state index in [1.54, 1.807) is 18.2 Å². The van der Waals surface area contributed by atoms with Gasteiger partial charge in [-0.3, -0.25) is 0 Å². The number of fused-ring (bicyclic) bond motifs is 1. The number of benzene rings is 9. The molecular weight excluding hydrogens is 650 g/mol. The van der Waals surface area contributed by atoms with Crippen molar-refractivity contribution >= 4 is 60.8 Å². The lowest BCUT2D eigenvalue weighted by Gasteiger charge is -2.29. The molecule has 250 valence electrons. The van der Waals surface area contributed by atoms with Crippen LogP contribution in [-0.4, -0.2) is 6.54 Å². The Balaban J connectivity index is 1.12. The van der Waals surface area contributed by atoms with E-state index >= 15 is 4.39 Å². The Morgan fingerprint density at radius 1 is 0.528 bits per heavy atom. The maximum atomic E-state index is 16.7. The van der Waals surface area contributed by atoms with Gasteiger partial charge in [0.25, 0.3) is 0 Å². The second-order valence-corrected chi connectivity index (χ2v) is 13.7. The molecule has 0 bridgehead atoms. The Kier molecular flexibility index (Phi) is 7.19. The van der Waals surface area contributed by atoms with Gasteiger partial charge in [0.15, 0.2) is 0 Å². The van der Waals surface area contributed by atoms with Crippen molar-refractivity contribution in [3.63, 3.8) is 0 Å². The van der Waals surface area contributed by atoms with Crippen LogP contribution in [0.4, 0.5) is 32.8 Å². The molecule has 4 heteroatoms. The van der Waals surface area contributed by atoms with Crippen LogP contribution in [-0.2, 0) is 6.42 Å². The van der Waals surface area contributed by atoms with Crippen LogP contribution < -0.4 is 9.80 Å². The highest BCUT2D eigenvalue weighted by Gasteiger charge is 2.25. The smallest absolute Gasteiger partial charge is 0.147 e. The van der Waals surface area contributed by atoms with Gasteiger partial charge in [-0.25, -0.2) is 4.39 Å². The number of halogens is 1. The van der Waals surface area contributed by atoms with E-state index in [0.717, 1.165) is 62.8 Å². The highest BCUT2D eigenvalue weighted by Crippen LogP contribution is 2.47. The Morgan fingerprint density at radius 2 is 1.13 bits per heavy atom. The number of rotatable bonds is 6. The highest BCUT2D eigenvalue weighted by molar-refractivity contribution is 6.28. The molecule has 10 rings (SSSR count). The molecule has 53 heavy (non-hydrogen) atoms. The first-order chi connectivity index (χ1) is 26.1. The summed E-state index contributed by atoms with van der Waals surface area (Å²) in [4.78, 5) is 4.43. The summed E-state index contributed by atoms with van der Waals surface area (Å²) >= 11 is 0. The van der Waals surface area contributed by atoms with Crippen LogP contribution in [0.2, 0.25) is 0 Å². The first-order valence-electron chi connectivity index (χ1n) is 18.0. The third-order valence-corrected chi connectivity index (χ3v) is 10.8. The van der Waals surface area contributed by atoms with Gasteiger partial charge >= 0.3 is 0 Å². The molecule has 0 saturated heterocycles. The van der Waals surface area contributed by atoms with E-state index in [4.69, 9.17) is 0 Å². The van der Waals surface area contributed by atoms with Crippen molar-refractivity contribution in [2.24, 2.45) is 0 Å². The zero-order valence-corrected chi connectivity index (χ0v) is 28.8. The van der Waals surface area contributed by atoms with E-state index in [0.29, 0.717) is 11.3 Å². The Labute approximate surface area is 307 Å². The van der Waals surface area contributed by atoms with E-state index in [-0.39, 0.29) is 5.82 Å². The fraction of sp³-hybridized carbons (Fsp3) is 0.0408. The summed E-state index contributed by atoms with van der Waals surface area (Å²) < 4.78 is 16.7. The minimum Gasteiger partial charge on any atom is -0.340 e. The number of hydrogen-bond acceptors (Lipinski definition) is 3. The summed E-state index contributed by atoms with van der Waals surface area (Å²) in [5.41, 5.74) is 10.5. The third-order valence-electron chi connectivity index (χ3n) is 10.8. The van der Waals surface area contributed by atoms with Gasteiger partial charge in [-0.05, 0) is 110 Å². The maximum absolute atomic E-state index is 16.7. The molecule has 0 unspecified atom stereocenters. The molecule has 1 aliphatic heterocycles. The molecule has 9 aromatic rings. The first-order valence-corrected chi connectivity index (χ1v) is 18.0. The van der Waals surface area contributed by atoms with Gasteiger partial charge in [0.2, 0.25) is 0 Å². The Bertz CT molecular complexity index is 2850. The van der Waals surface area contributed by atoms with Gasteiger partial charge in [0, 0.05) is 34.4 Å². The predicted molar refractivity (Wildman–Crippen MR) is 218 cm³/mol. The van der Waals surface area contributed by atoms with Crippen LogP contribution in [0, 0.1) is 17.1 Å². The fourth-order valence-corrected chi connectivity index (χ4v) is 8.24. The average molecular weight is 682 g/mol. The van der Waals surface area contributed by atoms with Crippen LogP contribution in [0.5, 0.6) is 0 Å². The number of para-hydroxylation sites is 1. The monoisotopic (exact) mass is 681 g/mol. The molecule has 0 atom stereocenters. The van der Waals surface area contributed by atoms with Crippen molar-refractivity contribution in [3.8, 4) is 28.3 Å². The molecule has 0 fully saturated rings. The summed E-state index contributed by atoms with van der Waals surface area (Å²) in [6.45, 7) is 0.938. The van der Waals surface area contributed by atoms with Gasteiger partial charge in [0.05, 0.1) is 23.0 Å². The lowest BCUT2D eigenvalue weighted by Crippen LogP contribution is -2.14. The lowest BCUT2D eigenvalue weighted by atomic mass is 9.92. The summed E-state index contributed by atoms with van der Waals surface area (Å²) in [5.74, 6) is -0.334. The zero-order chi connectivity index (χ0) is 35.5. The fourth-order valence-electron chi connectivity index (χ4n) is 8.24. The summed E-state index contributed by atoms with van der Waals surface area (Å²) in [7, 11) is 0. The maximum Gasteiger partial charge on any atom is 0.147 e. The van der Waals surface area contributed by atoms with Gasteiger partial charge < -0.3 is 9.80 Å². The van der Waals surface area contributed by atoms with Crippen molar-refractivity contribution < 1.29 is 4.39 Å². The predicted octanol–water partition coefficient (Wildman–Crippen LogP) is 13.1. The molecule has 0 radical (unpaired) electrons. The molecule has 9 aromatic carbocycles. The number of nitriles is 1. The zero-order valence-electron chi connectivity index (χ0n) is 28.8. The van der Waals surface area contributed by atoms with E-state index in [1.165, 1.54) is 33.1 Å². The van der Waals surface area contributed by atoms with Gasteiger partial charge in [0.1, 0.15) is 5.82 Å². The Morgan fingerprint density at radius 3 is 1.89 bits per heavy atom. The molecule has 3 nitrogen and oxygen atoms in total.